The fourth-order valence-corrected chi connectivity index (χ4v) is 7.33. The van der Waals surface area contributed by atoms with Crippen molar-refractivity contribution in [2.75, 3.05) is 33.7 Å². The van der Waals surface area contributed by atoms with Gasteiger partial charge in [0.25, 0.3) is 0 Å². The molecule has 0 aromatic heterocycles. The molecule has 5 nitrogen and oxygen atoms in total. The Morgan fingerprint density at radius 1 is 0.946 bits per heavy atom. The average Bonchev–Trinajstić information content (AvgIpc) is 2.88. The summed E-state index contributed by atoms with van der Waals surface area (Å²) in [6, 6.07) is 14.3. The zero-order chi connectivity index (χ0) is 25.8. The molecule has 0 amide bonds. The molecule has 0 aliphatic heterocycles. The van der Waals surface area contributed by atoms with Crippen LogP contribution in [0.4, 0.5) is 0 Å². The van der Waals surface area contributed by atoms with E-state index in [0.29, 0.717) is 25.4 Å². The van der Waals surface area contributed by atoms with E-state index < -0.39 is 0 Å². The Labute approximate surface area is 221 Å². The van der Waals surface area contributed by atoms with Gasteiger partial charge in [0.1, 0.15) is 5.75 Å². The summed E-state index contributed by atoms with van der Waals surface area (Å²) in [5, 5.41) is 0. The first kappa shape index (κ1) is 26.0. The minimum atomic E-state index is -0.281. The van der Waals surface area contributed by atoms with Crippen LogP contribution in [-0.4, -0.2) is 39.7 Å². The molecule has 0 N–H and O–H groups in total. The first-order valence-electron chi connectivity index (χ1n) is 13.8. The molecule has 4 saturated carbocycles. The zero-order valence-electron chi connectivity index (χ0n) is 22.5. The van der Waals surface area contributed by atoms with Crippen molar-refractivity contribution in [2.24, 2.45) is 17.8 Å². The molecule has 0 saturated heterocycles. The van der Waals surface area contributed by atoms with Gasteiger partial charge in [-0.3, -0.25) is 0 Å². The average molecular weight is 505 g/mol. The Hall–Kier alpha value is -2.63. The van der Waals surface area contributed by atoms with Crippen LogP contribution in [0.2, 0.25) is 0 Å². The van der Waals surface area contributed by atoms with Crippen LogP contribution in [0.3, 0.4) is 0 Å². The van der Waals surface area contributed by atoms with Gasteiger partial charge in [-0.2, -0.15) is 0 Å². The Bertz CT molecular complexity index is 1080. The standard InChI is InChI=1S/C32H40O5/c1-4-36-31(33)27-7-5-23(6-8-27)13-22(2)28-9-10-30(37-21-35-12-11-34-3)29(17-28)32-18-24-14-25(19-32)16-26(15-24)20-32/h5-10,13,17,24-26H,4,11-12,14-16,18-21H2,1-3H3/b22-13+. The highest BCUT2D eigenvalue weighted by Crippen LogP contribution is 2.62. The number of rotatable bonds is 11. The summed E-state index contributed by atoms with van der Waals surface area (Å²) < 4.78 is 22.1. The van der Waals surface area contributed by atoms with E-state index >= 15 is 0 Å². The molecule has 5 heteroatoms. The minimum absolute atomic E-state index is 0.216. The predicted molar refractivity (Wildman–Crippen MR) is 146 cm³/mol. The summed E-state index contributed by atoms with van der Waals surface area (Å²) in [5.74, 6) is 3.26. The maximum absolute atomic E-state index is 12.0. The van der Waals surface area contributed by atoms with Crippen LogP contribution in [0.25, 0.3) is 11.6 Å². The highest BCUT2D eigenvalue weighted by Gasteiger charge is 2.52. The van der Waals surface area contributed by atoms with Crippen LogP contribution in [0.1, 0.15) is 79.4 Å². The topological polar surface area (TPSA) is 54.0 Å². The van der Waals surface area contributed by atoms with E-state index in [-0.39, 0.29) is 18.2 Å². The molecule has 2 aromatic carbocycles. The second kappa shape index (κ2) is 11.4. The lowest BCUT2D eigenvalue weighted by atomic mass is 9.48. The van der Waals surface area contributed by atoms with Crippen LogP contribution in [0, 0.1) is 17.8 Å². The molecule has 0 radical (unpaired) electrons. The third-order valence-electron chi connectivity index (χ3n) is 8.58. The smallest absolute Gasteiger partial charge is 0.338 e. The van der Waals surface area contributed by atoms with Crippen molar-refractivity contribution in [3.63, 3.8) is 0 Å². The van der Waals surface area contributed by atoms with Gasteiger partial charge in [-0.05, 0) is 117 Å². The molecule has 198 valence electrons. The molecule has 37 heavy (non-hydrogen) atoms. The molecular weight excluding hydrogens is 464 g/mol. The van der Waals surface area contributed by atoms with Gasteiger partial charge in [0.15, 0.2) is 6.79 Å². The lowest BCUT2D eigenvalue weighted by Crippen LogP contribution is -2.48. The van der Waals surface area contributed by atoms with Crippen molar-refractivity contribution in [3.05, 3.63) is 64.7 Å². The summed E-state index contributed by atoms with van der Waals surface area (Å²) in [4.78, 5) is 12.0. The summed E-state index contributed by atoms with van der Waals surface area (Å²) in [5.41, 5.74) is 5.63. The normalized spacial score (nSPS) is 26.4. The van der Waals surface area contributed by atoms with Gasteiger partial charge in [-0.1, -0.05) is 24.3 Å². The molecule has 0 heterocycles. The quantitative estimate of drug-likeness (QED) is 0.144. The highest BCUT2D eigenvalue weighted by atomic mass is 16.7. The van der Waals surface area contributed by atoms with Crippen molar-refractivity contribution < 1.29 is 23.7 Å². The van der Waals surface area contributed by atoms with Gasteiger partial charge in [0.05, 0.1) is 25.4 Å². The van der Waals surface area contributed by atoms with Crippen molar-refractivity contribution in [1.82, 2.24) is 0 Å². The Morgan fingerprint density at radius 3 is 2.22 bits per heavy atom. The van der Waals surface area contributed by atoms with Crippen molar-refractivity contribution in [3.8, 4) is 5.75 Å². The van der Waals surface area contributed by atoms with E-state index in [4.69, 9.17) is 18.9 Å². The maximum atomic E-state index is 12.0. The monoisotopic (exact) mass is 504 g/mol. The third-order valence-corrected chi connectivity index (χ3v) is 8.58. The number of esters is 1. The summed E-state index contributed by atoms with van der Waals surface area (Å²) >= 11 is 0. The molecule has 4 aliphatic rings. The van der Waals surface area contributed by atoms with Crippen LogP contribution in [0.5, 0.6) is 5.75 Å². The second-order valence-corrected chi connectivity index (χ2v) is 11.2. The van der Waals surface area contributed by atoms with Gasteiger partial charge >= 0.3 is 5.97 Å². The molecule has 0 spiro atoms. The van der Waals surface area contributed by atoms with E-state index in [1.165, 1.54) is 55.2 Å². The summed E-state index contributed by atoms with van der Waals surface area (Å²) in [6.07, 6.45) is 10.3. The van der Waals surface area contributed by atoms with Crippen LogP contribution < -0.4 is 4.74 Å². The largest absolute Gasteiger partial charge is 0.467 e. The van der Waals surface area contributed by atoms with Gasteiger partial charge < -0.3 is 18.9 Å². The van der Waals surface area contributed by atoms with Crippen molar-refractivity contribution >= 4 is 17.6 Å². The minimum Gasteiger partial charge on any atom is -0.467 e. The second-order valence-electron chi connectivity index (χ2n) is 11.2. The number of allylic oxidation sites excluding steroid dienone is 1. The van der Waals surface area contributed by atoms with Gasteiger partial charge in [-0.15, -0.1) is 0 Å². The van der Waals surface area contributed by atoms with Crippen molar-refractivity contribution in [1.29, 1.82) is 0 Å². The van der Waals surface area contributed by atoms with Crippen LogP contribution >= 0.6 is 0 Å². The number of carbonyl (C=O) groups excluding carboxylic acids is 1. The lowest BCUT2D eigenvalue weighted by molar-refractivity contribution is -0.0189. The molecule has 4 fully saturated rings. The van der Waals surface area contributed by atoms with Gasteiger partial charge in [0, 0.05) is 12.7 Å². The Balaban J connectivity index is 1.41. The van der Waals surface area contributed by atoms with Gasteiger partial charge in [-0.25, -0.2) is 4.79 Å². The van der Waals surface area contributed by atoms with E-state index in [0.717, 1.165) is 29.1 Å². The molecule has 0 atom stereocenters. The first-order valence-corrected chi connectivity index (χ1v) is 13.8. The number of hydrogen-bond acceptors (Lipinski definition) is 5. The zero-order valence-corrected chi connectivity index (χ0v) is 22.5. The predicted octanol–water partition coefficient (Wildman–Crippen LogP) is 6.89. The number of hydrogen-bond donors (Lipinski definition) is 0. The fourth-order valence-electron chi connectivity index (χ4n) is 7.33. The van der Waals surface area contributed by atoms with E-state index in [2.05, 4.69) is 31.2 Å². The molecule has 6 rings (SSSR count). The lowest BCUT2D eigenvalue weighted by Gasteiger charge is -2.57. The van der Waals surface area contributed by atoms with E-state index in [1.807, 2.05) is 31.2 Å². The molecule has 0 unspecified atom stereocenters. The third kappa shape index (κ3) is 5.78. The number of carbonyl (C=O) groups is 1. The number of benzene rings is 2. The molecule has 4 bridgehead atoms. The van der Waals surface area contributed by atoms with Crippen LogP contribution in [0.15, 0.2) is 42.5 Å². The van der Waals surface area contributed by atoms with Crippen molar-refractivity contribution in [2.45, 2.75) is 57.8 Å². The first-order chi connectivity index (χ1) is 18.0. The number of methoxy groups -OCH3 is 1. The number of ether oxygens (including phenoxy) is 4. The fraction of sp³-hybridized carbons (Fsp3) is 0.531. The molecule has 4 aliphatic carbocycles. The SMILES string of the molecule is CCOC(=O)c1ccc(/C=C(\C)c2ccc(OCOCCOC)c(C34CC5CC(CC(C5)C3)C4)c2)cc1. The van der Waals surface area contributed by atoms with E-state index in [1.54, 1.807) is 7.11 Å². The van der Waals surface area contributed by atoms with E-state index in [9.17, 15) is 4.79 Å². The highest BCUT2D eigenvalue weighted by molar-refractivity contribution is 5.90. The molecule has 2 aromatic rings. The molecular formula is C32H40O5. The van der Waals surface area contributed by atoms with Gasteiger partial charge in [0.2, 0.25) is 0 Å². The Kier molecular flexibility index (Phi) is 8.01. The maximum Gasteiger partial charge on any atom is 0.338 e. The van der Waals surface area contributed by atoms with Crippen LogP contribution in [-0.2, 0) is 19.6 Å². The Morgan fingerprint density at radius 2 is 1.59 bits per heavy atom. The summed E-state index contributed by atoms with van der Waals surface area (Å²) in [6.45, 7) is 5.69. The summed E-state index contributed by atoms with van der Waals surface area (Å²) in [7, 11) is 1.68.